The van der Waals surface area contributed by atoms with Crippen LogP contribution >= 0.6 is 0 Å². The molecule has 4 aromatic rings. The molecular formula is C19H15N5O2. The van der Waals surface area contributed by atoms with Crippen LogP contribution in [0.5, 0.6) is 0 Å². The van der Waals surface area contributed by atoms with Crippen molar-refractivity contribution in [1.29, 1.82) is 0 Å². The molecule has 0 aliphatic heterocycles. The van der Waals surface area contributed by atoms with Crippen molar-refractivity contribution in [2.45, 2.75) is 6.54 Å². The molecule has 4 rings (SSSR count). The molecule has 1 amide bonds. The Kier molecular flexibility index (Phi) is 3.81. The minimum absolute atomic E-state index is 0.253. The van der Waals surface area contributed by atoms with Crippen LogP contribution in [-0.4, -0.2) is 25.5 Å². The van der Waals surface area contributed by atoms with Crippen LogP contribution in [0.15, 0.2) is 71.8 Å². The first kappa shape index (κ1) is 15.8. The number of primary amides is 1. The molecule has 0 unspecified atom stereocenters. The first-order valence-electron chi connectivity index (χ1n) is 8.02. The lowest BCUT2D eigenvalue weighted by Crippen LogP contribution is -2.27. The van der Waals surface area contributed by atoms with Gasteiger partial charge in [0.15, 0.2) is 5.69 Å². The summed E-state index contributed by atoms with van der Waals surface area (Å²) in [4.78, 5) is 23.9. The van der Waals surface area contributed by atoms with Gasteiger partial charge in [0.05, 0.1) is 17.7 Å². The summed E-state index contributed by atoms with van der Waals surface area (Å²) < 4.78 is 3.39. The fraction of sp³-hybridized carbons (Fsp3) is 0.0526. The molecule has 2 aromatic carbocycles. The van der Waals surface area contributed by atoms with Crippen molar-refractivity contribution in [1.82, 2.24) is 19.6 Å². The summed E-state index contributed by atoms with van der Waals surface area (Å²) in [5.74, 6) is -0.830. The molecule has 0 spiro atoms. The molecule has 7 nitrogen and oxygen atoms in total. The number of fused-ring (bicyclic) bond motifs is 1. The Morgan fingerprint density at radius 1 is 1.04 bits per heavy atom. The Bertz CT molecular complexity index is 1140. The number of hydrogen-bond acceptors (Lipinski definition) is 4. The van der Waals surface area contributed by atoms with Crippen molar-refractivity contribution >= 4 is 16.8 Å². The van der Waals surface area contributed by atoms with E-state index in [0.717, 1.165) is 11.3 Å². The summed E-state index contributed by atoms with van der Waals surface area (Å²) in [6.07, 6.45) is 3.58. The van der Waals surface area contributed by atoms with Crippen molar-refractivity contribution in [3.05, 3.63) is 88.5 Å². The van der Waals surface area contributed by atoms with E-state index in [0.29, 0.717) is 17.4 Å². The molecule has 2 N–H and O–H groups in total. The van der Waals surface area contributed by atoms with Gasteiger partial charge in [-0.3, -0.25) is 14.3 Å². The highest BCUT2D eigenvalue weighted by atomic mass is 16.2. The van der Waals surface area contributed by atoms with Crippen LogP contribution < -0.4 is 11.2 Å². The van der Waals surface area contributed by atoms with E-state index in [4.69, 9.17) is 5.73 Å². The molecule has 0 aliphatic rings. The predicted octanol–water partition coefficient (Wildman–Crippen LogP) is 1.73. The van der Waals surface area contributed by atoms with E-state index >= 15 is 0 Å². The van der Waals surface area contributed by atoms with E-state index in [1.807, 2.05) is 42.6 Å². The van der Waals surface area contributed by atoms with E-state index in [2.05, 4.69) is 10.2 Å². The molecule has 0 fully saturated rings. The second-order valence-corrected chi connectivity index (χ2v) is 5.83. The van der Waals surface area contributed by atoms with Crippen LogP contribution in [0.4, 0.5) is 0 Å². The average molecular weight is 345 g/mol. The first-order chi connectivity index (χ1) is 12.6. The largest absolute Gasteiger partial charge is 0.364 e. The van der Waals surface area contributed by atoms with Gasteiger partial charge in [-0.1, -0.05) is 24.3 Å². The molecule has 128 valence electrons. The van der Waals surface area contributed by atoms with Gasteiger partial charge in [0.2, 0.25) is 5.43 Å². The van der Waals surface area contributed by atoms with Crippen LogP contribution in [0.3, 0.4) is 0 Å². The number of aromatic nitrogens is 4. The number of amides is 1. The number of nitrogens with zero attached hydrogens (tertiary/aromatic N) is 4. The Balaban J connectivity index is 1.76. The molecule has 0 bridgehead atoms. The van der Waals surface area contributed by atoms with Crippen molar-refractivity contribution in [2.75, 3.05) is 0 Å². The maximum absolute atomic E-state index is 12.4. The number of carbonyl (C=O) groups excluding carboxylic acids is 1. The van der Waals surface area contributed by atoms with Gasteiger partial charge in [0.25, 0.3) is 5.91 Å². The monoisotopic (exact) mass is 345 g/mol. The molecule has 2 aromatic heterocycles. The van der Waals surface area contributed by atoms with E-state index in [9.17, 15) is 9.59 Å². The Labute approximate surface area is 148 Å². The van der Waals surface area contributed by atoms with Crippen molar-refractivity contribution in [3.8, 4) is 5.69 Å². The smallest absolute Gasteiger partial charge is 0.273 e. The van der Waals surface area contributed by atoms with Gasteiger partial charge in [-0.2, -0.15) is 10.2 Å². The molecular weight excluding hydrogens is 330 g/mol. The Morgan fingerprint density at radius 3 is 2.50 bits per heavy atom. The maximum Gasteiger partial charge on any atom is 0.273 e. The summed E-state index contributed by atoms with van der Waals surface area (Å²) in [7, 11) is 0. The summed E-state index contributed by atoms with van der Waals surface area (Å²) >= 11 is 0. The number of para-hydroxylation sites is 1. The van der Waals surface area contributed by atoms with Gasteiger partial charge in [0, 0.05) is 17.8 Å². The van der Waals surface area contributed by atoms with Gasteiger partial charge in [-0.05, 0) is 35.9 Å². The van der Waals surface area contributed by atoms with Crippen LogP contribution in [0.25, 0.3) is 16.6 Å². The standard InChI is InChI=1S/C19H15N5O2/c20-19(26)17-18(25)15-4-1-2-5-16(15)24(22-17)12-13-6-8-14(9-7-13)23-11-3-10-21-23/h1-11H,12H2,(H2,20,26). The lowest BCUT2D eigenvalue weighted by Gasteiger charge is -2.11. The zero-order chi connectivity index (χ0) is 18.1. The molecule has 0 radical (unpaired) electrons. The lowest BCUT2D eigenvalue weighted by molar-refractivity contribution is 0.0992. The molecule has 26 heavy (non-hydrogen) atoms. The zero-order valence-corrected chi connectivity index (χ0v) is 13.7. The zero-order valence-electron chi connectivity index (χ0n) is 13.7. The molecule has 0 aliphatic carbocycles. The van der Waals surface area contributed by atoms with E-state index < -0.39 is 11.3 Å². The number of nitrogens with two attached hydrogens (primary N) is 1. The highest BCUT2D eigenvalue weighted by molar-refractivity contribution is 5.94. The third-order valence-electron chi connectivity index (χ3n) is 4.13. The molecule has 2 heterocycles. The van der Waals surface area contributed by atoms with Gasteiger partial charge in [0.1, 0.15) is 0 Å². The van der Waals surface area contributed by atoms with Crippen molar-refractivity contribution in [3.63, 3.8) is 0 Å². The number of rotatable bonds is 4. The quantitative estimate of drug-likeness (QED) is 0.609. The van der Waals surface area contributed by atoms with Crippen molar-refractivity contribution in [2.24, 2.45) is 5.73 Å². The summed E-state index contributed by atoms with van der Waals surface area (Å²) in [6.45, 7) is 0.403. The highest BCUT2D eigenvalue weighted by Gasteiger charge is 2.14. The number of benzene rings is 2. The predicted molar refractivity (Wildman–Crippen MR) is 97.2 cm³/mol. The number of hydrogen-bond donors (Lipinski definition) is 1. The minimum Gasteiger partial charge on any atom is -0.364 e. The van der Waals surface area contributed by atoms with Crippen molar-refractivity contribution < 1.29 is 4.79 Å². The third kappa shape index (κ3) is 2.75. The Morgan fingerprint density at radius 2 is 1.81 bits per heavy atom. The van der Waals surface area contributed by atoms with E-state index in [-0.39, 0.29) is 5.69 Å². The molecule has 0 saturated carbocycles. The van der Waals surface area contributed by atoms with Gasteiger partial charge in [-0.15, -0.1) is 0 Å². The number of carbonyl (C=O) groups is 1. The second kappa shape index (κ2) is 6.29. The van der Waals surface area contributed by atoms with Gasteiger partial charge >= 0.3 is 0 Å². The highest BCUT2D eigenvalue weighted by Crippen LogP contribution is 2.14. The summed E-state index contributed by atoms with van der Waals surface area (Å²) in [6, 6.07) is 16.7. The fourth-order valence-electron chi connectivity index (χ4n) is 2.87. The normalized spacial score (nSPS) is 10.9. The van der Waals surface area contributed by atoms with Crippen LogP contribution in [-0.2, 0) is 6.54 Å². The first-order valence-corrected chi connectivity index (χ1v) is 8.02. The van der Waals surface area contributed by atoms with Crippen LogP contribution in [0.2, 0.25) is 0 Å². The van der Waals surface area contributed by atoms with Gasteiger partial charge in [-0.25, -0.2) is 4.68 Å². The van der Waals surface area contributed by atoms with E-state index in [1.165, 1.54) is 0 Å². The van der Waals surface area contributed by atoms with Crippen LogP contribution in [0.1, 0.15) is 16.1 Å². The summed E-state index contributed by atoms with van der Waals surface area (Å²) in [5.41, 5.74) is 7.18. The summed E-state index contributed by atoms with van der Waals surface area (Å²) in [5, 5.41) is 8.80. The fourth-order valence-corrected chi connectivity index (χ4v) is 2.87. The molecule has 0 saturated heterocycles. The molecule has 0 atom stereocenters. The SMILES string of the molecule is NC(=O)c1nn(Cc2ccc(-n3cccn3)cc2)c2ccccc2c1=O. The maximum atomic E-state index is 12.4. The lowest BCUT2D eigenvalue weighted by atomic mass is 10.1. The van der Waals surface area contributed by atoms with Crippen LogP contribution in [0, 0.1) is 0 Å². The van der Waals surface area contributed by atoms with E-state index in [1.54, 1.807) is 33.8 Å². The third-order valence-corrected chi connectivity index (χ3v) is 4.13. The second-order valence-electron chi connectivity index (χ2n) is 5.83. The van der Waals surface area contributed by atoms with Gasteiger partial charge < -0.3 is 5.73 Å². The minimum atomic E-state index is -0.830. The molecule has 7 heteroatoms. The Hall–Kier alpha value is -3.74. The average Bonchev–Trinajstić information content (AvgIpc) is 3.19. The topological polar surface area (TPSA) is 95.8 Å².